The van der Waals surface area contributed by atoms with Gasteiger partial charge in [0.2, 0.25) is 5.91 Å². The number of nitrogens with zero attached hydrogens (tertiary/aromatic N) is 1. The van der Waals surface area contributed by atoms with Gasteiger partial charge in [0, 0.05) is 32.3 Å². The Kier molecular flexibility index (Phi) is 5.24. The quantitative estimate of drug-likeness (QED) is 0.871. The van der Waals surface area contributed by atoms with Gasteiger partial charge in [-0.15, -0.1) is 0 Å². The number of pyridine rings is 1. The third-order valence-corrected chi connectivity index (χ3v) is 4.16. The first-order valence-electron chi connectivity index (χ1n) is 8.01. The zero-order valence-corrected chi connectivity index (χ0v) is 12.7. The highest BCUT2D eigenvalue weighted by molar-refractivity contribution is 5.91. The summed E-state index contributed by atoms with van der Waals surface area (Å²) in [5.74, 6) is 0.669. The lowest BCUT2D eigenvalue weighted by atomic mass is 9.99. The molecule has 1 unspecified atom stereocenters. The summed E-state index contributed by atoms with van der Waals surface area (Å²) in [7, 11) is 0. The van der Waals surface area contributed by atoms with E-state index in [1.165, 1.54) is 0 Å². The fourth-order valence-corrected chi connectivity index (χ4v) is 2.80. The summed E-state index contributed by atoms with van der Waals surface area (Å²) >= 11 is 0. The minimum Gasteiger partial charge on any atom is -0.381 e. The number of anilines is 2. The maximum Gasteiger partial charge on any atom is 0.228 e. The molecule has 2 N–H and O–H groups in total. The average molecular weight is 305 g/mol. The summed E-state index contributed by atoms with van der Waals surface area (Å²) in [5.41, 5.74) is 0.944. The first-order chi connectivity index (χ1) is 10.8. The van der Waals surface area contributed by atoms with Crippen molar-refractivity contribution in [2.75, 3.05) is 37.0 Å². The van der Waals surface area contributed by atoms with E-state index in [0.717, 1.165) is 44.5 Å². The average Bonchev–Trinajstić information content (AvgIpc) is 3.08. The van der Waals surface area contributed by atoms with E-state index in [4.69, 9.17) is 9.47 Å². The molecule has 22 heavy (non-hydrogen) atoms. The highest BCUT2D eigenvalue weighted by Gasteiger charge is 2.21. The second-order valence-electron chi connectivity index (χ2n) is 5.82. The molecule has 1 amide bonds. The molecule has 0 spiro atoms. The van der Waals surface area contributed by atoms with Gasteiger partial charge in [0.05, 0.1) is 18.0 Å². The summed E-state index contributed by atoms with van der Waals surface area (Å²) in [6, 6.07) is 3.76. The van der Waals surface area contributed by atoms with E-state index in [0.29, 0.717) is 25.1 Å². The molecule has 0 aliphatic carbocycles. The minimum absolute atomic E-state index is 0.0351. The predicted molar refractivity (Wildman–Crippen MR) is 83.9 cm³/mol. The van der Waals surface area contributed by atoms with Crippen LogP contribution in [-0.2, 0) is 14.3 Å². The molecule has 2 aliphatic rings. The number of carbonyl (C=O) groups is 1. The van der Waals surface area contributed by atoms with E-state index in [-0.39, 0.29) is 11.8 Å². The number of aromatic nitrogens is 1. The molecule has 6 heteroatoms. The highest BCUT2D eigenvalue weighted by Crippen LogP contribution is 2.18. The summed E-state index contributed by atoms with van der Waals surface area (Å²) < 4.78 is 10.8. The maximum atomic E-state index is 12.1. The van der Waals surface area contributed by atoms with Crippen molar-refractivity contribution in [3.8, 4) is 0 Å². The summed E-state index contributed by atoms with van der Waals surface area (Å²) in [6.45, 7) is 2.99. The number of carbonyl (C=O) groups excluding carboxylic acids is 1. The largest absolute Gasteiger partial charge is 0.381 e. The smallest absolute Gasteiger partial charge is 0.228 e. The molecule has 1 aromatic rings. The normalized spacial score (nSPS) is 22.5. The Morgan fingerprint density at radius 3 is 2.77 bits per heavy atom. The summed E-state index contributed by atoms with van der Waals surface area (Å²) in [4.78, 5) is 16.4. The minimum atomic E-state index is 0.0351. The van der Waals surface area contributed by atoms with Gasteiger partial charge in [-0.25, -0.2) is 4.98 Å². The van der Waals surface area contributed by atoms with E-state index < -0.39 is 0 Å². The first kappa shape index (κ1) is 15.2. The molecule has 0 radical (unpaired) electrons. The van der Waals surface area contributed by atoms with Crippen molar-refractivity contribution in [2.24, 2.45) is 5.92 Å². The number of hydrogen-bond acceptors (Lipinski definition) is 5. The van der Waals surface area contributed by atoms with Gasteiger partial charge < -0.3 is 20.1 Å². The summed E-state index contributed by atoms with van der Waals surface area (Å²) in [5, 5.41) is 6.19. The number of rotatable bonds is 5. The fourth-order valence-electron chi connectivity index (χ4n) is 2.80. The van der Waals surface area contributed by atoms with Crippen LogP contribution in [0.4, 0.5) is 11.5 Å². The number of hydrogen-bond donors (Lipinski definition) is 2. The molecule has 2 saturated heterocycles. The Labute approximate surface area is 130 Å². The van der Waals surface area contributed by atoms with Gasteiger partial charge in [0.15, 0.2) is 0 Å². The Morgan fingerprint density at radius 1 is 1.23 bits per heavy atom. The first-order valence-corrected chi connectivity index (χ1v) is 8.01. The number of ether oxygens (including phenoxy) is 2. The van der Waals surface area contributed by atoms with E-state index in [9.17, 15) is 4.79 Å². The van der Waals surface area contributed by atoms with Crippen molar-refractivity contribution in [2.45, 2.75) is 31.8 Å². The molecular formula is C16H23N3O3. The van der Waals surface area contributed by atoms with E-state index in [1.54, 1.807) is 6.20 Å². The Bertz CT molecular complexity index is 480. The van der Waals surface area contributed by atoms with Crippen LogP contribution in [0.1, 0.15) is 25.7 Å². The van der Waals surface area contributed by atoms with Gasteiger partial charge in [-0.1, -0.05) is 0 Å². The van der Waals surface area contributed by atoms with Crippen LogP contribution in [0.3, 0.4) is 0 Å². The second kappa shape index (κ2) is 7.56. The van der Waals surface area contributed by atoms with Crippen LogP contribution >= 0.6 is 0 Å². The zero-order chi connectivity index (χ0) is 15.2. The second-order valence-corrected chi connectivity index (χ2v) is 5.82. The van der Waals surface area contributed by atoms with E-state index in [1.807, 2.05) is 12.1 Å². The van der Waals surface area contributed by atoms with Crippen molar-refractivity contribution < 1.29 is 14.3 Å². The van der Waals surface area contributed by atoms with Crippen LogP contribution in [-0.4, -0.2) is 43.4 Å². The van der Waals surface area contributed by atoms with Crippen LogP contribution in [0, 0.1) is 5.92 Å². The van der Waals surface area contributed by atoms with Crippen molar-refractivity contribution in [1.82, 2.24) is 4.98 Å². The molecule has 2 fully saturated rings. The molecule has 2 aliphatic heterocycles. The van der Waals surface area contributed by atoms with Crippen molar-refractivity contribution in [1.29, 1.82) is 0 Å². The Balaban J connectivity index is 1.47. The van der Waals surface area contributed by atoms with Crippen molar-refractivity contribution in [3.05, 3.63) is 18.3 Å². The molecule has 1 aromatic heterocycles. The molecule has 3 heterocycles. The lowest BCUT2D eigenvalue weighted by molar-refractivity contribution is -0.122. The molecule has 0 bridgehead atoms. The lowest BCUT2D eigenvalue weighted by Gasteiger charge is -2.21. The summed E-state index contributed by atoms with van der Waals surface area (Å²) in [6.07, 6.45) is 5.86. The van der Waals surface area contributed by atoms with Crippen LogP contribution < -0.4 is 10.6 Å². The lowest BCUT2D eigenvalue weighted by Crippen LogP contribution is -2.28. The zero-order valence-electron chi connectivity index (χ0n) is 12.7. The van der Waals surface area contributed by atoms with Crippen LogP contribution in [0.15, 0.2) is 18.3 Å². The Morgan fingerprint density at radius 2 is 2.09 bits per heavy atom. The van der Waals surface area contributed by atoms with Crippen LogP contribution in [0.25, 0.3) is 0 Å². The maximum absolute atomic E-state index is 12.1. The molecule has 120 valence electrons. The van der Waals surface area contributed by atoms with Crippen molar-refractivity contribution >= 4 is 17.4 Å². The molecular weight excluding hydrogens is 282 g/mol. The van der Waals surface area contributed by atoms with Gasteiger partial charge in [0.25, 0.3) is 0 Å². The fraction of sp³-hybridized carbons (Fsp3) is 0.625. The van der Waals surface area contributed by atoms with E-state index >= 15 is 0 Å². The molecule has 3 rings (SSSR count). The van der Waals surface area contributed by atoms with Gasteiger partial charge in [0.1, 0.15) is 5.82 Å². The number of nitrogens with one attached hydrogen (secondary N) is 2. The van der Waals surface area contributed by atoms with Crippen molar-refractivity contribution in [3.63, 3.8) is 0 Å². The molecule has 0 saturated carbocycles. The standard InChI is InChI=1S/C16H23N3O3/c20-16(12-5-8-21-9-6-12)19-15-4-3-13(10-18-15)17-11-14-2-1-7-22-14/h3-4,10,12,14,17H,1-2,5-9,11H2,(H,18,19,20). The van der Waals surface area contributed by atoms with Gasteiger partial charge in [-0.2, -0.15) is 0 Å². The van der Waals surface area contributed by atoms with Crippen LogP contribution in [0.2, 0.25) is 0 Å². The Hall–Kier alpha value is -1.66. The topological polar surface area (TPSA) is 72.5 Å². The van der Waals surface area contributed by atoms with Gasteiger partial charge in [-0.05, 0) is 37.8 Å². The highest BCUT2D eigenvalue weighted by atomic mass is 16.5. The monoisotopic (exact) mass is 305 g/mol. The van der Waals surface area contributed by atoms with Crippen LogP contribution in [0.5, 0.6) is 0 Å². The molecule has 1 atom stereocenters. The third kappa shape index (κ3) is 4.18. The molecule has 6 nitrogen and oxygen atoms in total. The number of amides is 1. The van der Waals surface area contributed by atoms with E-state index in [2.05, 4.69) is 15.6 Å². The van der Waals surface area contributed by atoms with Gasteiger partial charge >= 0.3 is 0 Å². The van der Waals surface area contributed by atoms with Gasteiger partial charge in [-0.3, -0.25) is 4.79 Å². The predicted octanol–water partition coefficient (Wildman–Crippen LogP) is 2.04. The SMILES string of the molecule is O=C(Nc1ccc(NCC2CCCO2)cn1)C1CCOCC1. The molecule has 0 aromatic carbocycles. The third-order valence-electron chi connectivity index (χ3n) is 4.16.